The average Bonchev–Trinajstić information content (AvgIpc) is 3.28. The van der Waals surface area contributed by atoms with E-state index in [1.807, 2.05) is 0 Å². The number of aromatic nitrogens is 4. The Bertz CT molecular complexity index is 852. The largest absolute Gasteiger partial charge is 0.433 e. The molecule has 2 aliphatic rings. The lowest BCUT2D eigenvalue weighted by Crippen LogP contribution is -2.46. The fraction of sp³-hybridized carbons (Fsp3) is 0.273. The second-order valence-corrected chi connectivity index (χ2v) is 8.14. The number of primary amides is 1. The molecule has 0 fully saturated rings. The molecule has 1 amide bonds. The van der Waals surface area contributed by atoms with Gasteiger partial charge in [0.15, 0.2) is 20.4 Å². The van der Waals surface area contributed by atoms with Gasteiger partial charge in [-0.25, -0.2) is 5.01 Å². The summed E-state index contributed by atoms with van der Waals surface area (Å²) in [6.07, 6.45) is 0.383. The summed E-state index contributed by atoms with van der Waals surface area (Å²) in [6, 6.07) is 0. The molecule has 0 saturated carbocycles. The van der Waals surface area contributed by atoms with Gasteiger partial charge in [0.1, 0.15) is 10.4 Å². The van der Waals surface area contributed by atoms with Crippen LogP contribution in [0.15, 0.2) is 17.8 Å². The summed E-state index contributed by atoms with van der Waals surface area (Å²) in [6.45, 7) is 3.66. The lowest BCUT2D eigenvalue weighted by Gasteiger charge is -2.26. The monoisotopic (exact) mass is 401 g/mol. The van der Waals surface area contributed by atoms with Gasteiger partial charge < -0.3 is 10.5 Å². The van der Waals surface area contributed by atoms with Crippen LogP contribution in [-0.2, 0) is 4.79 Å². The SMILES string of the molecule is C=CC(Cl)C1=NN2C(C(N)=O)Oc3nnc(s3)-c3nnc(s3)C2S1. The zero-order valence-corrected chi connectivity index (χ0v) is 14.9. The van der Waals surface area contributed by atoms with Crippen molar-refractivity contribution in [3.63, 3.8) is 0 Å². The minimum atomic E-state index is -1.17. The van der Waals surface area contributed by atoms with E-state index < -0.39 is 22.9 Å². The first-order valence-electron chi connectivity index (χ1n) is 6.50. The summed E-state index contributed by atoms with van der Waals surface area (Å²) in [5, 5.41) is 23.7. The van der Waals surface area contributed by atoms with Gasteiger partial charge in [-0.15, -0.1) is 33.5 Å². The van der Waals surface area contributed by atoms with Crippen LogP contribution in [0.25, 0.3) is 10.0 Å². The third kappa shape index (κ3) is 2.55. The van der Waals surface area contributed by atoms with E-state index in [0.29, 0.717) is 20.1 Å². The summed E-state index contributed by atoms with van der Waals surface area (Å²) in [5.41, 5.74) is 5.50. The predicted octanol–water partition coefficient (Wildman–Crippen LogP) is 1.41. The number of carbonyl (C=O) groups excluding carboxylic acids is 1. The summed E-state index contributed by atoms with van der Waals surface area (Å²) in [5.74, 6) is -0.711. The zero-order chi connectivity index (χ0) is 16.8. The molecule has 4 bridgehead atoms. The van der Waals surface area contributed by atoms with Gasteiger partial charge in [-0.05, 0) is 0 Å². The molecular formula is C11H8ClN7O2S3. The fourth-order valence-electron chi connectivity index (χ4n) is 2.02. The maximum atomic E-state index is 11.9. The number of hydrazone groups is 1. The first kappa shape index (κ1) is 15.7. The van der Waals surface area contributed by atoms with Gasteiger partial charge in [0.2, 0.25) is 0 Å². The average molecular weight is 402 g/mol. The summed E-state index contributed by atoms with van der Waals surface area (Å²) in [4.78, 5) is 11.9. The summed E-state index contributed by atoms with van der Waals surface area (Å²) >= 11 is 10.0. The first-order chi connectivity index (χ1) is 11.6. The van der Waals surface area contributed by atoms with Gasteiger partial charge in [-0.3, -0.25) is 4.79 Å². The maximum Gasteiger partial charge on any atom is 0.296 e. The van der Waals surface area contributed by atoms with Crippen LogP contribution in [0, 0.1) is 0 Å². The van der Waals surface area contributed by atoms with Crippen molar-refractivity contribution in [2.24, 2.45) is 10.8 Å². The molecule has 4 rings (SSSR count). The number of thioether (sulfide) groups is 1. The lowest BCUT2D eigenvalue weighted by molar-refractivity contribution is -0.133. The van der Waals surface area contributed by atoms with E-state index in [0.717, 1.165) is 11.3 Å². The Balaban J connectivity index is 1.83. The molecule has 0 radical (unpaired) electrons. The molecule has 0 spiro atoms. The number of fused-ring (bicyclic) bond motifs is 7. The number of rotatable bonds is 3. The standard InChI is InChI=1S/C11H8ClN7O2S3/c1-2-3(12)5-18-19-9(4(13)20)21-11-17-15-7(24-11)6-14-16-8(22-6)10(19)23-5/h2-3,9-10H,1H2,(H2,13,20). The van der Waals surface area contributed by atoms with E-state index in [1.54, 1.807) is 6.08 Å². The normalized spacial score (nSPS) is 23.0. The molecule has 13 heteroatoms. The highest BCUT2D eigenvalue weighted by atomic mass is 35.5. The van der Waals surface area contributed by atoms with Crippen LogP contribution in [0.1, 0.15) is 10.4 Å². The summed E-state index contributed by atoms with van der Waals surface area (Å²) < 4.78 is 5.62. The fourth-order valence-corrected chi connectivity index (χ4v) is 5.06. The molecule has 2 N–H and O–H groups in total. The van der Waals surface area contributed by atoms with Crippen molar-refractivity contribution in [2.75, 3.05) is 0 Å². The van der Waals surface area contributed by atoms with Crippen molar-refractivity contribution < 1.29 is 9.53 Å². The van der Waals surface area contributed by atoms with Crippen LogP contribution in [0.4, 0.5) is 0 Å². The Kier molecular flexibility index (Phi) is 3.90. The van der Waals surface area contributed by atoms with Gasteiger partial charge in [-0.1, -0.05) is 45.6 Å². The Morgan fingerprint density at radius 3 is 2.83 bits per heavy atom. The van der Waals surface area contributed by atoms with Crippen LogP contribution in [0.3, 0.4) is 0 Å². The molecule has 0 aliphatic carbocycles. The Morgan fingerprint density at radius 2 is 2.08 bits per heavy atom. The molecule has 0 aromatic carbocycles. The van der Waals surface area contributed by atoms with Crippen molar-refractivity contribution in [1.82, 2.24) is 25.4 Å². The molecule has 0 saturated heterocycles. The quantitative estimate of drug-likeness (QED) is 0.605. The van der Waals surface area contributed by atoms with E-state index in [4.69, 9.17) is 22.1 Å². The highest BCUT2D eigenvalue weighted by molar-refractivity contribution is 8.14. The molecule has 124 valence electrons. The van der Waals surface area contributed by atoms with Gasteiger partial charge in [0.05, 0.1) is 0 Å². The van der Waals surface area contributed by atoms with E-state index in [1.165, 1.54) is 28.1 Å². The highest BCUT2D eigenvalue weighted by Crippen LogP contribution is 2.46. The maximum absolute atomic E-state index is 11.9. The molecular weight excluding hydrogens is 394 g/mol. The molecule has 3 atom stereocenters. The Morgan fingerprint density at radius 1 is 1.33 bits per heavy atom. The van der Waals surface area contributed by atoms with Crippen molar-refractivity contribution in [2.45, 2.75) is 17.0 Å². The molecule has 9 nitrogen and oxygen atoms in total. The van der Waals surface area contributed by atoms with Crippen molar-refractivity contribution in [3.8, 4) is 15.2 Å². The van der Waals surface area contributed by atoms with Crippen molar-refractivity contribution in [1.29, 1.82) is 0 Å². The Labute approximate surface area is 152 Å². The number of halogens is 1. The third-order valence-electron chi connectivity index (χ3n) is 3.07. The molecule has 3 unspecified atom stereocenters. The van der Waals surface area contributed by atoms with Crippen LogP contribution in [-0.4, -0.2) is 48.0 Å². The van der Waals surface area contributed by atoms with Crippen LogP contribution in [0.2, 0.25) is 0 Å². The van der Waals surface area contributed by atoms with Crippen molar-refractivity contribution >= 4 is 57.0 Å². The number of hydrogen-bond acceptors (Lipinski definition) is 11. The van der Waals surface area contributed by atoms with Gasteiger partial charge in [0, 0.05) is 0 Å². The van der Waals surface area contributed by atoms with Crippen molar-refractivity contribution in [3.05, 3.63) is 17.7 Å². The molecule has 4 heterocycles. The van der Waals surface area contributed by atoms with Gasteiger partial charge in [0.25, 0.3) is 17.3 Å². The van der Waals surface area contributed by atoms with Gasteiger partial charge >= 0.3 is 0 Å². The van der Waals surface area contributed by atoms with Crippen LogP contribution in [0.5, 0.6) is 5.19 Å². The minimum Gasteiger partial charge on any atom is -0.433 e. The topological polar surface area (TPSA) is 119 Å². The minimum absolute atomic E-state index is 0.200. The lowest BCUT2D eigenvalue weighted by atomic mass is 10.4. The van der Waals surface area contributed by atoms with Crippen LogP contribution >= 0.6 is 46.0 Å². The molecule has 24 heavy (non-hydrogen) atoms. The van der Waals surface area contributed by atoms with E-state index >= 15 is 0 Å². The highest BCUT2D eigenvalue weighted by Gasteiger charge is 2.42. The number of amides is 1. The predicted molar refractivity (Wildman–Crippen MR) is 91.9 cm³/mol. The van der Waals surface area contributed by atoms with Crippen LogP contribution < -0.4 is 10.5 Å². The van der Waals surface area contributed by atoms with E-state index in [2.05, 4.69) is 32.1 Å². The van der Waals surface area contributed by atoms with Gasteiger partial charge in [-0.2, -0.15) is 5.10 Å². The molecule has 2 aliphatic heterocycles. The van der Waals surface area contributed by atoms with E-state index in [-0.39, 0.29) is 5.19 Å². The number of hydrogen-bond donors (Lipinski definition) is 1. The molecule has 2 aromatic rings. The van der Waals surface area contributed by atoms with E-state index in [9.17, 15) is 4.79 Å². The number of alkyl halides is 1. The Hall–Kier alpha value is -1.76. The number of ether oxygens (including phenoxy) is 1. The second kappa shape index (κ2) is 5.95. The zero-order valence-electron chi connectivity index (χ0n) is 11.7. The number of allylic oxidation sites excluding steroid dienone is 1. The summed E-state index contributed by atoms with van der Waals surface area (Å²) in [7, 11) is 0. The smallest absolute Gasteiger partial charge is 0.296 e. The third-order valence-corrected chi connectivity index (χ3v) is 6.90. The number of nitrogens with zero attached hydrogens (tertiary/aromatic N) is 6. The number of carbonyl (C=O) groups is 1. The second-order valence-electron chi connectivity index (χ2n) is 4.62. The number of nitrogens with two attached hydrogens (primary N) is 1. The first-order valence-corrected chi connectivity index (χ1v) is 9.45. The molecule has 2 aromatic heterocycles.